The fraction of sp³-hybridized carbons (Fsp3) is 0.500. The molecule has 2 aliphatic heterocycles. The number of aliphatic carboxylic acids is 1. The van der Waals surface area contributed by atoms with Gasteiger partial charge in [-0.1, -0.05) is 35.9 Å². The van der Waals surface area contributed by atoms with E-state index in [9.17, 15) is 9.59 Å². The van der Waals surface area contributed by atoms with Crippen molar-refractivity contribution in [2.45, 2.75) is 69.5 Å². The van der Waals surface area contributed by atoms with E-state index in [1.54, 1.807) is 0 Å². The Balaban J connectivity index is 1.25. The molecular weight excluding hydrogens is 456 g/mol. The third-order valence-corrected chi connectivity index (χ3v) is 6.91. The molecule has 34 heavy (non-hydrogen) atoms. The number of benzene rings is 1. The molecule has 2 fully saturated rings. The van der Waals surface area contributed by atoms with E-state index in [4.69, 9.17) is 25.9 Å². The molecule has 4 unspecified atom stereocenters. The maximum absolute atomic E-state index is 12.5. The summed E-state index contributed by atoms with van der Waals surface area (Å²) < 4.78 is 11.9. The zero-order chi connectivity index (χ0) is 23.9. The van der Waals surface area contributed by atoms with Crippen LogP contribution >= 0.6 is 11.6 Å². The van der Waals surface area contributed by atoms with Crippen LogP contribution in [0.2, 0.25) is 5.02 Å². The van der Waals surface area contributed by atoms with Crippen LogP contribution in [0, 0.1) is 5.92 Å². The minimum atomic E-state index is -0.794. The molecule has 2 aromatic rings. The molecule has 2 saturated heterocycles. The lowest BCUT2D eigenvalue weighted by Gasteiger charge is -2.24. The molecule has 0 saturated carbocycles. The Labute approximate surface area is 204 Å². The summed E-state index contributed by atoms with van der Waals surface area (Å²) in [4.78, 5) is 27.7. The average molecular weight is 487 g/mol. The van der Waals surface area contributed by atoms with Gasteiger partial charge in [0, 0.05) is 23.9 Å². The number of rotatable bonds is 12. The largest absolute Gasteiger partial charge is 0.481 e. The van der Waals surface area contributed by atoms with Gasteiger partial charge in [0.15, 0.2) is 5.69 Å². The van der Waals surface area contributed by atoms with Crippen LogP contribution in [0.5, 0.6) is 0 Å². The van der Waals surface area contributed by atoms with Crippen molar-refractivity contribution < 1.29 is 23.8 Å². The molecule has 1 aromatic heterocycles. The predicted molar refractivity (Wildman–Crippen MR) is 128 cm³/mol. The first-order valence-corrected chi connectivity index (χ1v) is 12.4. The number of unbranched alkanes of at least 4 members (excludes halogenated alkanes) is 1. The summed E-state index contributed by atoms with van der Waals surface area (Å²) in [6, 6.07) is 7.83. The summed E-state index contributed by atoms with van der Waals surface area (Å²) in [7, 11) is 0. The number of aromatic nitrogens is 1. The average Bonchev–Trinajstić information content (AvgIpc) is 3.56. The van der Waals surface area contributed by atoms with Gasteiger partial charge in [0.25, 0.3) is 5.91 Å². The number of carbonyl (C=O) groups is 2. The summed E-state index contributed by atoms with van der Waals surface area (Å²) in [5.41, 5.74) is 1.53. The first kappa shape index (κ1) is 24.5. The van der Waals surface area contributed by atoms with E-state index in [0.29, 0.717) is 24.6 Å². The number of carboxylic acid groups (broad SMARTS) is 1. The highest BCUT2D eigenvalue weighted by molar-refractivity contribution is 6.30. The first-order valence-electron chi connectivity index (χ1n) is 12.0. The summed E-state index contributed by atoms with van der Waals surface area (Å²) in [5, 5.41) is 12.4. The molecule has 4 atom stereocenters. The van der Waals surface area contributed by atoms with Crippen LogP contribution < -0.4 is 5.32 Å². The zero-order valence-corrected chi connectivity index (χ0v) is 19.9. The van der Waals surface area contributed by atoms with Crippen molar-refractivity contribution in [1.82, 2.24) is 10.3 Å². The molecule has 182 valence electrons. The smallest absolute Gasteiger partial charge is 0.303 e. The molecular formula is C26H31ClN2O5. The van der Waals surface area contributed by atoms with Gasteiger partial charge in [0.1, 0.15) is 6.26 Å². The van der Waals surface area contributed by atoms with Crippen molar-refractivity contribution in [3.8, 4) is 0 Å². The van der Waals surface area contributed by atoms with Gasteiger partial charge >= 0.3 is 5.97 Å². The van der Waals surface area contributed by atoms with Crippen molar-refractivity contribution in [3.05, 3.63) is 64.9 Å². The summed E-state index contributed by atoms with van der Waals surface area (Å²) >= 11 is 5.91. The molecule has 2 bridgehead atoms. The highest BCUT2D eigenvalue weighted by Crippen LogP contribution is 2.50. The van der Waals surface area contributed by atoms with Crippen molar-refractivity contribution in [3.63, 3.8) is 0 Å². The Hall–Kier alpha value is -2.64. The predicted octanol–water partition coefficient (Wildman–Crippen LogP) is 5.15. The number of ether oxygens (including phenoxy) is 1. The molecule has 2 N–H and O–H groups in total. The lowest BCUT2D eigenvalue weighted by atomic mass is 9.77. The van der Waals surface area contributed by atoms with Gasteiger partial charge in [-0.2, -0.15) is 0 Å². The van der Waals surface area contributed by atoms with Crippen LogP contribution in [0.15, 0.2) is 47.1 Å². The van der Waals surface area contributed by atoms with Gasteiger partial charge in [-0.3, -0.25) is 9.59 Å². The second-order valence-corrected chi connectivity index (χ2v) is 9.47. The normalized spacial score (nSPS) is 23.6. The van der Waals surface area contributed by atoms with Crippen LogP contribution in [0.3, 0.4) is 0 Å². The Morgan fingerprint density at radius 1 is 1.15 bits per heavy atom. The molecule has 1 aromatic carbocycles. The highest BCUT2D eigenvalue weighted by atomic mass is 35.5. The van der Waals surface area contributed by atoms with Gasteiger partial charge in [-0.25, -0.2) is 4.98 Å². The number of nitrogens with one attached hydrogen (secondary N) is 1. The van der Waals surface area contributed by atoms with Gasteiger partial charge in [-0.15, -0.1) is 0 Å². The quantitative estimate of drug-likeness (QED) is 0.317. The number of aryl methyl sites for hydroxylation is 1. The van der Waals surface area contributed by atoms with Crippen molar-refractivity contribution in [2.75, 3.05) is 6.54 Å². The minimum Gasteiger partial charge on any atom is -0.481 e. The molecule has 0 spiro atoms. The number of carbonyl (C=O) groups excluding carboxylic acids is 1. The van der Waals surface area contributed by atoms with Crippen LogP contribution in [-0.2, 0) is 16.0 Å². The van der Waals surface area contributed by atoms with Gasteiger partial charge in [0.2, 0.25) is 5.89 Å². The Morgan fingerprint density at radius 2 is 1.94 bits per heavy atom. The zero-order valence-electron chi connectivity index (χ0n) is 19.1. The maximum atomic E-state index is 12.5. The maximum Gasteiger partial charge on any atom is 0.303 e. The number of halogens is 1. The van der Waals surface area contributed by atoms with Crippen LogP contribution in [0.25, 0.3) is 0 Å². The van der Waals surface area contributed by atoms with Crippen molar-refractivity contribution >= 4 is 23.5 Å². The Morgan fingerprint density at radius 3 is 2.74 bits per heavy atom. The lowest BCUT2D eigenvalue weighted by molar-refractivity contribution is -0.136. The van der Waals surface area contributed by atoms with Crippen molar-refractivity contribution in [2.24, 2.45) is 5.92 Å². The highest BCUT2D eigenvalue weighted by Gasteiger charge is 2.51. The Kier molecular flexibility index (Phi) is 8.40. The number of oxazole rings is 1. The minimum absolute atomic E-state index is 0.0174. The van der Waals surface area contributed by atoms with E-state index in [0.717, 1.165) is 43.5 Å². The molecule has 3 heterocycles. The fourth-order valence-electron chi connectivity index (χ4n) is 4.94. The standard InChI is InChI=1S/C26H31ClN2O5/c27-18-11-9-17(10-12-18)6-4-5-15-28-25(32)20-16-33-26(29-20)24-19(21-13-14-22(24)34-21)7-2-1-3-8-23(30)31/h1-2,9-12,16,19,21-22,24H,3-8,13-15H2,(H,28,32)(H,30,31)/b2-1-. The SMILES string of the molecule is O=C(O)CC/C=C\CC1C2CCC(O2)C1c1nc(C(=O)NCCCCc2ccc(Cl)cc2)co1. The number of amides is 1. The van der Waals surface area contributed by atoms with Crippen LogP contribution in [0.1, 0.15) is 72.8 Å². The number of allylic oxidation sites excluding steroid dienone is 2. The van der Waals surface area contributed by atoms with E-state index in [2.05, 4.69) is 10.3 Å². The monoisotopic (exact) mass is 486 g/mol. The first-order chi connectivity index (χ1) is 16.5. The molecule has 8 heteroatoms. The molecule has 7 nitrogen and oxygen atoms in total. The second-order valence-electron chi connectivity index (χ2n) is 9.03. The topological polar surface area (TPSA) is 102 Å². The van der Waals surface area contributed by atoms with E-state index < -0.39 is 5.97 Å². The molecule has 0 aliphatic carbocycles. The van der Waals surface area contributed by atoms with Gasteiger partial charge in [0.05, 0.1) is 18.1 Å². The summed E-state index contributed by atoms with van der Waals surface area (Å²) in [5.74, 6) is -0.219. The number of carboxylic acids is 1. The number of hydrogen-bond donors (Lipinski definition) is 2. The molecule has 4 rings (SSSR count). The van der Waals surface area contributed by atoms with E-state index in [-0.39, 0.29) is 36.4 Å². The fourth-order valence-corrected chi connectivity index (χ4v) is 5.06. The Bertz CT molecular complexity index is 1000. The number of nitrogens with zero attached hydrogens (tertiary/aromatic N) is 1. The van der Waals surface area contributed by atoms with Crippen LogP contribution in [-0.4, -0.2) is 40.7 Å². The summed E-state index contributed by atoms with van der Waals surface area (Å²) in [6.45, 7) is 0.579. The summed E-state index contributed by atoms with van der Waals surface area (Å²) in [6.07, 6.45) is 11.8. The third kappa shape index (κ3) is 6.27. The molecule has 1 amide bonds. The number of hydrogen-bond acceptors (Lipinski definition) is 5. The lowest BCUT2D eigenvalue weighted by Crippen LogP contribution is -2.26. The third-order valence-electron chi connectivity index (χ3n) is 6.66. The van der Waals surface area contributed by atoms with Crippen LogP contribution in [0.4, 0.5) is 0 Å². The molecule has 0 radical (unpaired) electrons. The van der Waals surface area contributed by atoms with Gasteiger partial charge < -0.3 is 19.6 Å². The van der Waals surface area contributed by atoms with Crippen molar-refractivity contribution in [1.29, 1.82) is 0 Å². The van der Waals surface area contributed by atoms with E-state index in [1.807, 2.05) is 36.4 Å². The van der Waals surface area contributed by atoms with Gasteiger partial charge in [-0.05, 0) is 62.6 Å². The van der Waals surface area contributed by atoms with E-state index >= 15 is 0 Å². The molecule has 2 aliphatic rings. The number of fused-ring (bicyclic) bond motifs is 2. The second kappa shape index (κ2) is 11.7. The van der Waals surface area contributed by atoms with E-state index in [1.165, 1.54) is 11.8 Å².